The molecule has 0 radical (unpaired) electrons. The van der Waals surface area contributed by atoms with E-state index in [-0.39, 0.29) is 5.91 Å². The van der Waals surface area contributed by atoms with E-state index in [1.165, 1.54) is 0 Å². The molecule has 1 aromatic carbocycles. The van der Waals surface area contributed by atoms with E-state index < -0.39 is 0 Å². The third-order valence-corrected chi connectivity index (χ3v) is 4.56. The van der Waals surface area contributed by atoms with Crippen LogP contribution in [0.4, 0.5) is 0 Å². The molecule has 0 spiro atoms. The number of halogens is 2. The van der Waals surface area contributed by atoms with Crippen LogP contribution in [0.3, 0.4) is 0 Å². The lowest BCUT2D eigenvalue weighted by molar-refractivity contribution is -0.122. The van der Waals surface area contributed by atoms with Gasteiger partial charge in [0.15, 0.2) is 0 Å². The molecule has 0 bridgehead atoms. The number of likely N-dealkylation sites (N-methyl/N-ethyl adjacent to an activating group) is 1. The van der Waals surface area contributed by atoms with Crippen molar-refractivity contribution in [3.05, 3.63) is 33.8 Å². The normalized spacial score (nSPS) is 19.2. The highest BCUT2D eigenvalue weighted by Crippen LogP contribution is 2.22. The Labute approximate surface area is 136 Å². The highest BCUT2D eigenvalue weighted by Gasteiger charge is 2.25. The first-order chi connectivity index (χ1) is 9.95. The minimum Gasteiger partial charge on any atom is -0.351 e. The van der Waals surface area contributed by atoms with Crippen LogP contribution in [0.15, 0.2) is 18.2 Å². The van der Waals surface area contributed by atoms with Crippen LogP contribution in [0.25, 0.3) is 0 Å². The fourth-order valence-corrected chi connectivity index (χ4v) is 2.81. The number of likely N-dealkylation sites (tertiary alicyclic amines) is 1. The van der Waals surface area contributed by atoms with Crippen molar-refractivity contribution in [2.24, 2.45) is 0 Å². The second-order valence-corrected chi connectivity index (χ2v) is 6.48. The fourth-order valence-electron chi connectivity index (χ4n) is 2.49. The largest absolute Gasteiger partial charge is 0.351 e. The molecule has 0 saturated carbocycles. The van der Waals surface area contributed by atoms with Crippen molar-refractivity contribution < 1.29 is 4.79 Å². The number of nitrogens with one attached hydrogen (secondary N) is 1. The summed E-state index contributed by atoms with van der Waals surface area (Å²) in [7, 11) is 4.16. The molecule has 0 aliphatic carbocycles. The number of rotatable bonds is 5. The lowest BCUT2D eigenvalue weighted by Gasteiger charge is -2.20. The van der Waals surface area contributed by atoms with Crippen LogP contribution in [0.1, 0.15) is 12.0 Å². The van der Waals surface area contributed by atoms with Crippen LogP contribution in [0.5, 0.6) is 0 Å². The fraction of sp³-hybridized carbons (Fsp3) is 0.533. The van der Waals surface area contributed by atoms with Crippen molar-refractivity contribution in [3.63, 3.8) is 0 Å². The topological polar surface area (TPSA) is 35.6 Å². The highest BCUT2D eigenvalue weighted by molar-refractivity contribution is 6.42. The maximum atomic E-state index is 12.0. The Morgan fingerprint density at radius 3 is 2.76 bits per heavy atom. The molecule has 1 aliphatic heterocycles. The molecule has 1 unspecified atom stereocenters. The first kappa shape index (κ1) is 16.6. The quantitative estimate of drug-likeness (QED) is 0.899. The third kappa shape index (κ3) is 4.85. The lowest BCUT2D eigenvalue weighted by atomic mass is 10.2. The molecule has 1 fully saturated rings. The van der Waals surface area contributed by atoms with Gasteiger partial charge in [0.2, 0.25) is 5.91 Å². The van der Waals surface area contributed by atoms with E-state index in [4.69, 9.17) is 23.2 Å². The maximum Gasteiger partial charge on any atom is 0.234 e. The molecule has 21 heavy (non-hydrogen) atoms. The average molecular weight is 330 g/mol. The molecule has 6 heteroatoms. The Kier molecular flexibility index (Phi) is 5.88. The van der Waals surface area contributed by atoms with Gasteiger partial charge in [-0.2, -0.15) is 0 Å². The molecule has 1 N–H and O–H groups in total. The van der Waals surface area contributed by atoms with Gasteiger partial charge in [0.1, 0.15) is 0 Å². The van der Waals surface area contributed by atoms with Crippen LogP contribution in [-0.2, 0) is 11.3 Å². The van der Waals surface area contributed by atoms with E-state index in [0.717, 1.165) is 25.1 Å². The van der Waals surface area contributed by atoms with Crippen LogP contribution < -0.4 is 5.32 Å². The summed E-state index contributed by atoms with van der Waals surface area (Å²) in [6, 6.07) is 5.94. The first-order valence-electron chi connectivity index (χ1n) is 7.05. The van der Waals surface area contributed by atoms with E-state index in [9.17, 15) is 4.79 Å². The molecule has 1 aromatic rings. The SMILES string of the molecule is CN(C)C1CCN(CC(=O)NCc2ccc(Cl)c(Cl)c2)C1. The molecule has 1 atom stereocenters. The molecule has 1 amide bonds. The van der Waals surface area contributed by atoms with Crippen molar-refractivity contribution >= 4 is 29.1 Å². The highest BCUT2D eigenvalue weighted by atomic mass is 35.5. The van der Waals surface area contributed by atoms with Crippen LogP contribution >= 0.6 is 23.2 Å². The van der Waals surface area contributed by atoms with Gasteiger partial charge in [-0.1, -0.05) is 29.3 Å². The Hall–Kier alpha value is -0.810. The third-order valence-electron chi connectivity index (χ3n) is 3.82. The van der Waals surface area contributed by atoms with E-state index in [0.29, 0.717) is 29.2 Å². The van der Waals surface area contributed by atoms with Crippen LogP contribution in [0, 0.1) is 0 Å². The summed E-state index contributed by atoms with van der Waals surface area (Å²) < 4.78 is 0. The maximum absolute atomic E-state index is 12.0. The minimum atomic E-state index is 0.0421. The predicted molar refractivity (Wildman–Crippen MR) is 86.8 cm³/mol. The number of hydrogen-bond donors (Lipinski definition) is 1. The van der Waals surface area contributed by atoms with Crippen molar-refractivity contribution in [1.82, 2.24) is 15.1 Å². The number of amides is 1. The van der Waals surface area contributed by atoms with E-state index in [2.05, 4.69) is 29.2 Å². The predicted octanol–water partition coefficient (Wildman–Crippen LogP) is 2.25. The van der Waals surface area contributed by atoms with Crippen molar-refractivity contribution in [1.29, 1.82) is 0 Å². The molecule has 116 valence electrons. The number of carbonyl (C=O) groups excluding carboxylic acids is 1. The number of nitrogens with zero attached hydrogens (tertiary/aromatic N) is 2. The Morgan fingerprint density at radius 1 is 1.38 bits per heavy atom. The van der Waals surface area contributed by atoms with E-state index >= 15 is 0 Å². The van der Waals surface area contributed by atoms with Crippen molar-refractivity contribution in [2.45, 2.75) is 19.0 Å². The van der Waals surface area contributed by atoms with Crippen molar-refractivity contribution in [2.75, 3.05) is 33.7 Å². The van der Waals surface area contributed by atoms with Gasteiger partial charge in [0.25, 0.3) is 0 Å². The number of hydrogen-bond acceptors (Lipinski definition) is 3. The summed E-state index contributed by atoms with van der Waals surface area (Å²) in [5.74, 6) is 0.0421. The Balaban J connectivity index is 1.76. The van der Waals surface area contributed by atoms with Gasteiger partial charge in [0, 0.05) is 25.7 Å². The summed E-state index contributed by atoms with van der Waals surface area (Å²) in [4.78, 5) is 16.4. The minimum absolute atomic E-state index is 0.0421. The van der Waals surface area contributed by atoms with E-state index in [1.807, 2.05) is 6.07 Å². The molecule has 1 aliphatic rings. The van der Waals surface area contributed by atoms with Crippen molar-refractivity contribution in [3.8, 4) is 0 Å². The summed E-state index contributed by atoms with van der Waals surface area (Å²) in [6.45, 7) is 2.85. The molecule has 4 nitrogen and oxygen atoms in total. The summed E-state index contributed by atoms with van der Waals surface area (Å²) in [6.07, 6.45) is 1.12. The van der Waals surface area contributed by atoms with Gasteiger partial charge < -0.3 is 10.2 Å². The van der Waals surface area contributed by atoms with Gasteiger partial charge in [-0.05, 0) is 38.2 Å². The van der Waals surface area contributed by atoms with Gasteiger partial charge in [-0.25, -0.2) is 0 Å². The van der Waals surface area contributed by atoms with Crippen LogP contribution in [-0.4, -0.2) is 55.5 Å². The zero-order valence-corrected chi connectivity index (χ0v) is 13.9. The summed E-state index contributed by atoms with van der Waals surface area (Å²) in [5, 5.41) is 3.96. The number of benzene rings is 1. The number of carbonyl (C=O) groups is 1. The van der Waals surface area contributed by atoms with Gasteiger partial charge in [-0.3, -0.25) is 9.69 Å². The second kappa shape index (κ2) is 7.45. The zero-order chi connectivity index (χ0) is 15.4. The molecule has 0 aromatic heterocycles. The monoisotopic (exact) mass is 329 g/mol. The Morgan fingerprint density at radius 2 is 2.14 bits per heavy atom. The second-order valence-electron chi connectivity index (χ2n) is 5.67. The first-order valence-corrected chi connectivity index (χ1v) is 7.80. The molecule has 1 saturated heterocycles. The summed E-state index contributed by atoms with van der Waals surface area (Å²) in [5.41, 5.74) is 0.949. The molecule has 2 rings (SSSR count). The van der Waals surface area contributed by atoms with Gasteiger partial charge in [0.05, 0.1) is 16.6 Å². The Bertz CT molecular complexity index is 508. The molecular weight excluding hydrogens is 309 g/mol. The van der Waals surface area contributed by atoms with Gasteiger partial charge >= 0.3 is 0 Å². The molecular formula is C15H21Cl2N3O. The summed E-state index contributed by atoms with van der Waals surface area (Å²) >= 11 is 11.8. The molecule has 1 heterocycles. The lowest BCUT2D eigenvalue weighted by Crippen LogP contribution is -2.38. The van der Waals surface area contributed by atoms with Crippen LogP contribution in [0.2, 0.25) is 10.0 Å². The zero-order valence-electron chi connectivity index (χ0n) is 12.4. The standard InChI is InChI=1S/C15H21Cl2N3O/c1-19(2)12-5-6-20(9-12)10-15(21)18-8-11-3-4-13(16)14(17)7-11/h3-4,7,12H,5-6,8-10H2,1-2H3,(H,18,21). The van der Waals surface area contributed by atoms with Gasteiger partial charge in [-0.15, -0.1) is 0 Å². The smallest absolute Gasteiger partial charge is 0.234 e. The van der Waals surface area contributed by atoms with E-state index in [1.54, 1.807) is 12.1 Å². The average Bonchev–Trinajstić information content (AvgIpc) is 2.89.